The Kier molecular flexibility index (Phi) is 2.49. The number of hydrogen-bond acceptors (Lipinski definition) is 1. The van der Waals surface area contributed by atoms with Crippen molar-refractivity contribution in [1.29, 1.82) is 0 Å². The topological polar surface area (TPSA) is 12.9 Å². The largest absolute Gasteiger partial charge is 0.245 e. The minimum atomic E-state index is 0.548. The highest BCUT2D eigenvalue weighted by Gasteiger charge is 1.89. The molecule has 0 aliphatic heterocycles. The van der Waals surface area contributed by atoms with E-state index in [0.717, 1.165) is 10.9 Å². The van der Waals surface area contributed by atoms with E-state index in [-0.39, 0.29) is 0 Å². The number of hydrogen-bond donors (Lipinski definition) is 0. The Morgan fingerprint density at radius 3 is 2.89 bits per heavy atom. The molecule has 48 valence electrons. The van der Waals surface area contributed by atoms with Gasteiger partial charge in [0.05, 0.1) is 0 Å². The molecule has 1 aromatic heterocycles. The van der Waals surface area contributed by atoms with Crippen LogP contribution in [0.2, 0.25) is 5.15 Å². The van der Waals surface area contributed by atoms with Crippen LogP contribution in [0.3, 0.4) is 0 Å². The summed E-state index contributed by atoms with van der Waals surface area (Å²) >= 11 is 8.90. The molecule has 9 heavy (non-hydrogen) atoms. The quantitative estimate of drug-likeness (QED) is 0.508. The lowest BCUT2D eigenvalue weighted by atomic mass is 10.3. The zero-order valence-electron chi connectivity index (χ0n) is 4.64. The predicted molar refractivity (Wildman–Crippen MR) is 41.9 cm³/mol. The maximum absolute atomic E-state index is 5.59. The first-order valence-corrected chi connectivity index (χ1v) is 3.99. The normalized spacial score (nSPS) is 9.56. The number of pyridine rings is 1. The lowest BCUT2D eigenvalue weighted by molar-refractivity contribution is 1.28. The van der Waals surface area contributed by atoms with Crippen LogP contribution in [0, 0.1) is 0 Å². The van der Waals surface area contributed by atoms with Gasteiger partial charge in [0.2, 0.25) is 0 Å². The monoisotopic (exact) mass is 205 g/mol. The van der Waals surface area contributed by atoms with Crippen LogP contribution >= 0.6 is 27.5 Å². The SMILES string of the molecule is Clc1cc(CBr)ccn1. The lowest BCUT2D eigenvalue weighted by Gasteiger charge is -1.92. The molecule has 0 bridgehead atoms. The molecule has 1 rings (SSSR count). The molecule has 0 unspecified atom stereocenters. The molecule has 3 heteroatoms. The molecular weight excluding hydrogens is 201 g/mol. The van der Waals surface area contributed by atoms with E-state index in [1.165, 1.54) is 0 Å². The smallest absolute Gasteiger partial charge is 0.129 e. The summed E-state index contributed by atoms with van der Waals surface area (Å²) in [4.78, 5) is 3.83. The molecule has 1 nitrogen and oxygen atoms in total. The van der Waals surface area contributed by atoms with Crippen LogP contribution in [-0.2, 0) is 5.33 Å². The number of rotatable bonds is 1. The molecular formula is C6H5BrClN. The highest BCUT2D eigenvalue weighted by Crippen LogP contribution is 2.09. The maximum Gasteiger partial charge on any atom is 0.129 e. The Hall–Kier alpha value is -0.0800. The van der Waals surface area contributed by atoms with E-state index < -0.39 is 0 Å². The molecule has 0 radical (unpaired) electrons. The Morgan fingerprint density at radius 2 is 2.44 bits per heavy atom. The highest BCUT2D eigenvalue weighted by molar-refractivity contribution is 9.08. The first kappa shape index (κ1) is 7.03. The predicted octanol–water partition coefficient (Wildman–Crippen LogP) is 2.63. The summed E-state index contributed by atoms with van der Waals surface area (Å²) in [6.45, 7) is 0. The lowest BCUT2D eigenvalue weighted by Crippen LogP contribution is -1.78. The summed E-state index contributed by atoms with van der Waals surface area (Å²) in [6, 6.07) is 3.75. The molecule has 0 saturated carbocycles. The van der Waals surface area contributed by atoms with Gasteiger partial charge in [0, 0.05) is 11.5 Å². The Bertz CT molecular complexity index is 202. The van der Waals surface area contributed by atoms with Gasteiger partial charge in [-0.25, -0.2) is 4.98 Å². The molecule has 0 aliphatic rings. The standard InChI is InChI=1S/C6H5BrClN/c7-4-5-1-2-9-6(8)3-5/h1-3H,4H2. The molecule has 1 heterocycles. The van der Waals surface area contributed by atoms with Gasteiger partial charge in [-0.2, -0.15) is 0 Å². The van der Waals surface area contributed by atoms with Crippen molar-refractivity contribution in [3.63, 3.8) is 0 Å². The average Bonchev–Trinajstić information content (AvgIpc) is 1.88. The van der Waals surface area contributed by atoms with Crippen LogP contribution in [0.25, 0.3) is 0 Å². The van der Waals surface area contributed by atoms with Crippen molar-refractivity contribution >= 4 is 27.5 Å². The van der Waals surface area contributed by atoms with Crippen LogP contribution in [0.15, 0.2) is 18.3 Å². The Labute approximate surface area is 67.2 Å². The fraction of sp³-hybridized carbons (Fsp3) is 0.167. The third-order valence-corrected chi connectivity index (χ3v) is 1.80. The second-order valence-corrected chi connectivity index (χ2v) is 2.57. The summed E-state index contributed by atoms with van der Waals surface area (Å²) in [6.07, 6.45) is 1.69. The second-order valence-electron chi connectivity index (χ2n) is 1.62. The van der Waals surface area contributed by atoms with E-state index in [1.807, 2.05) is 12.1 Å². The molecule has 0 atom stereocenters. The van der Waals surface area contributed by atoms with Crippen molar-refractivity contribution in [1.82, 2.24) is 4.98 Å². The number of nitrogens with zero attached hydrogens (tertiary/aromatic N) is 1. The second kappa shape index (κ2) is 3.18. The van der Waals surface area contributed by atoms with Crippen molar-refractivity contribution in [2.75, 3.05) is 0 Å². The van der Waals surface area contributed by atoms with E-state index in [0.29, 0.717) is 5.15 Å². The van der Waals surface area contributed by atoms with Gasteiger partial charge >= 0.3 is 0 Å². The molecule has 0 saturated heterocycles. The van der Waals surface area contributed by atoms with Crippen LogP contribution in [-0.4, -0.2) is 4.98 Å². The molecule has 1 aromatic rings. The van der Waals surface area contributed by atoms with Gasteiger partial charge in [-0.05, 0) is 17.7 Å². The van der Waals surface area contributed by atoms with Gasteiger partial charge in [0.15, 0.2) is 0 Å². The minimum Gasteiger partial charge on any atom is -0.245 e. The highest BCUT2D eigenvalue weighted by atomic mass is 79.9. The van der Waals surface area contributed by atoms with E-state index in [2.05, 4.69) is 20.9 Å². The van der Waals surface area contributed by atoms with Gasteiger partial charge in [0.25, 0.3) is 0 Å². The van der Waals surface area contributed by atoms with E-state index in [9.17, 15) is 0 Å². The average molecular weight is 206 g/mol. The zero-order valence-corrected chi connectivity index (χ0v) is 6.98. The summed E-state index contributed by atoms with van der Waals surface area (Å²) in [5.74, 6) is 0. The van der Waals surface area contributed by atoms with Gasteiger partial charge < -0.3 is 0 Å². The van der Waals surface area contributed by atoms with E-state index >= 15 is 0 Å². The number of halogens is 2. The first-order valence-electron chi connectivity index (χ1n) is 2.49. The first-order chi connectivity index (χ1) is 4.33. The summed E-state index contributed by atoms with van der Waals surface area (Å²) in [5, 5.41) is 1.38. The van der Waals surface area contributed by atoms with Crippen LogP contribution < -0.4 is 0 Å². The van der Waals surface area contributed by atoms with Gasteiger partial charge in [-0.15, -0.1) is 0 Å². The Morgan fingerprint density at radius 1 is 1.67 bits per heavy atom. The van der Waals surface area contributed by atoms with Gasteiger partial charge in [-0.3, -0.25) is 0 Å². The molecule has 0 amide bonds. The van der Waals surface area contributed by atoms with Crippen molar-refractivity contribution in [2.24, 2.45) is 0 Å². The molecule has 0 spiro atoms. The minimum absolute atomic E-state index is 0.548. The van der Waals surface area contributed by atoms with Gasteiger partial charge in [-0.1, -0.05) is 27.5 Å². The summed E-state index contributed by atoms with van der Waals surface area (Å²) < 4.78 is 0. The molecule has 0 N–H and O–H groups in total. The zero-order chi connectivity index (χ0) is 6.69. The number of aromatic nitrogens is 1. The maximum atomic E-state index is 5.59. The summed E-state index contributed by atoms with van der Waals surface area (Å²) in [5.41, 5.74) is 1.15. The van der Waals surface area contributed by atoms with Crippen LogP contribution in [0.5, 0.6) is 0 Å². The summed E-state index contributed by atoms with van der Waals surface area (Å²) in [7, 11) is 0. The van der Waals surface area contributed by atoms with Crippen LogP contribution in [0.1, 0.15) is 5.56 Å². The number of alkyl halides is 1. The third-order valence-electron chi connectivity index (χ3n) is 0.945. The molecule has 0 aromatic carbocycles. The molecule has 0 fully saturated rings. The van der Waals surface area contributed by atoms with E-state index in [4.69, 9.17) is 11.6 Å². The third kappa shape index (κ3) is 1.95. The molecule has 0 aliphatic carbocycles. The fourth-order valence-corrected chi connectivity index (χ4v) is 1.07. The van der Waals surface area contributed by atoms with Crippen molar-refractivity contribution in [3.05, 3.63) is 29.0 Å². The van der Waals surface area contributed by atoms with Crippen molar-refractivity contribution in [3.8, 4) is 0 Å². The van der Waals surface area contributed by atoms with Crippen LogP contribution in [0.4, 0.5) is 0 Å². The fourth-order valence-electron chi connectivity index (χ4n) is 0.526. The van der Waals surface area contributed by atoms with Crippen molar-refractivity contribution in [2.45, 2.75) is 5.33 Å². The Balaban J connectivity index is 2.94. The van der Waals surface area contributed by atoms with E-state index in [1.54, 1.807) is 6.20 Å². The van der Waals surface area contributed by atoms with Crippen molar-refractivity contribution < 1.29 is 0 Å². The van der Waals surface area contributed by atoms with Gasteiger partial charge in [0.1, 0.15) is 5.15 Å².